The molecule has 1 aliphatic carbocycles. The lowest BCUT2D eigenvalue weighted by molar-refractivity contribution is -0.116. The maximum Gasteiger partial charge on any atom is 0.173 e. The molecule has 2 aromatic rings. The first-order chi connectivity index (χ1) is 14.1. The van der Waals surface area contributed by atoms with Crippen LogP contribution in [0.5, 0.6) is 5.75 Å². The number of hydrogen-bond donors (Lipinski definition) is 1. The van der Waals surface area contributed by atoms with Crippen LogP contribution in [0.25, 0.3) is 0 Å². The third kappa shape index (κ3) is 4.02. The molecule has 4 rings (SSSR count). The molecule has 0 saturated heterocycles. The molecule has 0 amide bonds. The Labute approximate surface area is 181 Å². The van der Waals surface area contributed by atoms with Crippen LogP contribution >= 0.6 is 23.8 Å². The van der Waals surface area contributed by atoms with Gasteiger partial charge in [0.15, 0.2) is 10.9 Å². The van der Waals surface area contributed by atoms with Crippen molar-refractivity contribution in [3.63, 3.8) is 0 Å². The number of nitrogens with zero attached hydrogens (tertiary/aromatic N) is 1. The minimum absolute atomic E-state index is 0.192. The SMILES string of the molecule is CCN1C(=S)NC(c2ccccc2OCc2ccc(Cl)cc2)C2=C1CCCC2=O. The summed E-state index contributed by atoms with van der Waals surface area (Å²) in [5.41, 5.74) is 3.85. The normalized spacial score (nSPS) is 19.1. The van der Waals surface area contributed by atoms with E-state index in [9.17, 15) is 4.79 Å². The van der Waals surface area contributed by atoms with Crippen LogP contribution in [0.15, 0.2) is 59.8 Å². The predicted octanol–water partition coefficient (Wildman–Crippen LogP) is 5.18. The quantitative estimate of drug-likeness (QED) is 0.667. The molecule has 0 fully saturated rings. The summed E-state index contributed by atoms with van der Waals surface area (Å²) in [7, 11) is 0. The number of hydrogen-bond acceptors (Lipinski definition) is 3. The number of carbonyl (C=O) groups is 1. The predicted molar refractivity (Wildman–Crippen MR) is 119 cm³/mol. The third-order valence-corrected chi connectivity index (χ3v) is 6.00. The summed E-state index contributed by atoms with van der Waals surface area (Å²) < 4.78 is 6.15. The summed E-state index contributed by atoms with van der Waals surface area (Å²) in [5, 5.41) is 4.75. The molecule has 1 aliphatic heterocycles. The molecule has 150 valence electrons. The topological polar surface area (TPSA) is 41.6 Å². The molecule has 4 nitrogen and oxygen atoms in total. The maximum absolute atomic E-state index is 12.9. The molecule has 2 aromatic carbocycles. The Morgan fingerprint density at radius 3 is 2.69 bits per heavy atom. The summed E-state index contributed by atoms with van der Waals surface area (Å²) in [6.07, 6.45) is 2.33. The zero-order valence-electron chi connectivity index (χ0n) is 16.3. The van der Waals surface area contributed by atoms with Gasteiger partial charge in [-0.15, -0.1) is 0 Å². The largest absolute Gasteiger partial charge is 0.489 e. The van der Waals surface area contributed by atoms with E-state index >= 15 is 0 Å². The fourth-order valence-electron chi connectivity index (χ4n) is 4.01. The Kier molecular flexibility index (Phi) is 5.88. The van der Waals surface area contributed by atoms with Crippen molar-refractivity contribution in [2.24, 2.45) is 0 Å². The lowest BCUT2D eigenvalue weighted by Gasteiger charge is -2.40. The van der Waals surface area contributed by atoms with Gasteiger partial charge in [-0.2, -0.15) is 0 Å². The number of ketones is 1. The van der Waals surface area contributed by atoms with Gasteiger partial charge in [0.1, 0.15) is 12.4 Å². The minimum Gasteiger partial charge on any atom is -0.489 e. The summed E-state index contributed by atoms with van der Waals surface area (Å²) in [5.74, 6) is 0.940. The van der Waals surface area contributed by atoms with Gasteiger partial charge in [-0.1, -0.05) is 41.9 Å². The molecule has 6 heteroatoms. The van der Waals surface area contributed by atoms with Gasteiger partial charge in [-0.05, 0) is 55.7 Å². The number of nitrogens with one attached hydrogen (secondary N) is 1. The molecular formula is C23H23ClN2O2S. The van der Waals surface area contributed by atoms with Gasteiger partial charge >= 0.3 is 0 Å². The van der Waals surface area contributed by atoms with Gasteiger partial charge in [0.25, 0.3) is 0 Å². The van der Waals surface area contributed by atoms with E-state index in [4.69, 9.17) is 28.6 Å². The average molecular weight is 427 g/mol. The second kappa shape index (κ2) is 8.56. The van der Waals surface area contributed by atoms with E-state index in [1.807, 2.05) is 48.5 Å². The number of halogens is 1. The van der Waals surface area contributed by atoms with Crippen LogP contribution in [0.3, 0.4) is 0 Å². The van der Waals surface area contributed by atoms with Crippen molar-refractivity contribution in [3.05, 3.63) is 76.0 Å². The van der Waals surface area contributed by atoms with Gasteiger partial charge in [-0.25, -0.2) is 0 Å². The smallest absolute Gasteiger partial charge is 0.173 e. The van der Waals surface area contributed by atoms with E-state index in [1.54, 1.807) is 0 Å². The molecule has 29 heavy (non-hydrogen) atoms. The summed E-state index contributed by atoms with van der Waals surface area (Å²) >= 11 is 11.6. The van der Waals surface area contributed by atoms with Gasteiger partial charge in [-0.3, -0.25) is 4.79 Å². The van der Waals surface area contributed by atoms with Gasteiger partial charge in [0.05, 0.1) is 6.04 Å². The van der Waals surface area contributed by atoms with Crippen LogP contribution in [0.2, 0.25) is 5.02 Å². The van der Waals surface area contributed by atoms with Gasteiger partial charge in [0.2, 0.25) is 0 Å². The van der Waals surface area contributed by atoms with Crippen molar-refractivity contribution in [1.29, 1.82) is 0 Å². The maximum atomic E-state index is 12.9. The van der Waals surface area contributed by atoms with Crippen molar-refractivity contribution in [1.82, 2.24) is 10.2 Å². The Hall–Kier alpha value is -2.37. The molecule has 2 aliphatic rings. The van der Waals surface area contributed by atoms with Crippen molar-refractivity contribution >= 4 is 34.7 Å². The zero-order valence-corrected chi connectivity index (χ0v) is 17.9. The van der Waals surface area contributed by atoms with E-state index in [2.05, 4.69) is 17.1 Å². The van der Waals surface area contributed by atoms with Crippen molar-refractivity contribution in [2.45, 2.75) is 38.8 Å². The van der Waals surface area contributed by atoms with Gasteiger partial charge < -0.3 is 15.0 Å². The van der Waals surface area contributed by atoms with Gasteiger partial charge in [0, 0.05) is 34.8 Å². The molecule has 1 heterocycles. The Bertz CT molecular complexity index is 971. The van der Waals surface area contributed by atoms with E-state index < -0.39 is 0 Å². The number of carbonyl (C=O) groups excluding carboxylic acids is 1. The number of thiocarbonyl (C=S) groups is 1. The summed E-state index contributed by atoms with van der Waals surface area (Å²) in [4.78, 5) is 14.9. The van der Waals surface area contributed by atoms with Crippen LogP contribution in [0.1, 0.15) is 43.4 Å². The summed E-state index contributed by atoms with van der Waals surface area (Å²) in [6.45, 7) is 3.23. The number of allylic oxidation sites excluding steroid dienone is 1. The average Bonchev–Trinajstić information content (AvgIpc) is 2.73. The van der Waals surface area contributed by atoms with Crippen LogP contribution in [0, 0.1) is 0 Å². The Morgan fingerprint density at radius 2 is 1.93 bits per heavy atom. The lowest BCUT2D eigenvalue weighted by atomic mass is 9.84. The highest BCUT2D eigenvalue weighted by atomic mass is 35.5. The highest BCUT2D eigenvalue weighted by molar-refractivity contribution is 7.80. The fraction of sp³-hybridized carbons (Fsp3) is 0.304. The fourth-order valence-corrected chi connectivity index (χ4v) is 4.49. The van der Waals surface area contributed by atoms with E-state index in [1.165, 1.54) is 0 Å². The summed E-state index contributed by atoms with van der Waals surface area (Å²) in [6, 6.07) is 15.2. The zero-order chi connectivity index (χ0) is 20.4. The Balaban J connectivity index is 1.68. The molecule has 1 unspecified atom stereocenters. The molecule has 1 N–H and O–H groups in total. The highest BCUT2D eigenvalue weighted by Gasteiger charge is 2.37. The van der Waals surface area contributed by atoms with E-state index in [0.29, 0.717) is 23.2 Å². The van der Waals surface area contributed by atoms with Crippen molar-refractivity contribution < 1.29 is 9.53 Å². The number of rotatable bonds is 5. The van der Waals surface area contributed by atoms with E-state index in [-0.39, 0.29) is 11.8 Å². The van der Waals surface area contributed by atoms with Crippen LogP contribution < -0.4 is 10.1 Å². The lowest BCUT2D eigenvalue weighted by Crippen LogP contribution is -2.49. The third-order valence-electron chi connectivity index (χ3n) is 5.41. The first-order valence-corrected chi connectivity index (χ1v) is 10.7. The number of Topliss-reactive ketones (excluding diaryl/α,β-unsaturated/α-hetero) is 1. The van der Waals surface area contributed by atoms with E-state index in [0.717, 1.165) is 47.5 Å². The molecule has 0 aromatic heterocycles. The molecule has 0 radical (unpaired) electrons. The standard InChI is InChI=1S/C23H23ClN2O2S/c1-2-26-18-7-5-8-19(27)21(18)22(25-23(26)29)17-6-3-4-9-20(17)28-14-15-10-12-16(24)13-11-15/h3-4,6,9-13,22H,2,5,7-8,14H2,1H3,(H,25,29). The first-order valence-electron chi connectivity index (χ1n) is 9.89. The number of benzene rings is 2. The van der Waals surface area contributed by atoms with Crippen molar-refractivity contribution in [2.75, 3.05) is 6.54 Å². The van der Waals surface area contributed by atoms with Crippen molar-refractivity contribution in [3.8, 4) is 5.75 Å². The minimum atomic E-state index is -0.283. The number of para-hydroxylation sites is 1. The molecule has 0 bridgehead atoms. The second-order valence-electron chi connectivity index (χ2n) is 7.22. The molecule has 1 atom stereocenters. The molecular weight excluding hydrogens is 404 g/mol. The first kappa shape index (κ1) is 19.9. The Morgan fingerprint density at radius 1 is 1.17 bits per heavy atom. The molecule has 0 spiro atoms. The van der Waals surface area contributed by atoms with Crippen LogP contribution in [-0.4, -0.2) is 22.3 Å². The molecule has 0 saturated carbocycles. The van der Waals surface area contributed by atoms with Crippen LogP contribution in [0.4, 0.5) is 0 Å². The van der Waals surface area contributed by atoms with Crippen LogP contribution in [-0.2, 0) is 11.4 Å². The highest BCUT2D eigenvalue weighted by Crippen LogP contribution is 2.40. The second-order valence-corrected chi connectivity index (χ2v) is 8.04. The number of ether oxygens (including phenoxy) is 1. The monoisotopic (exact) mass is 426 g/mol.